The van der Waals surface area contributed by atoms with Gasteiger partial charge in [-0.3, -0.25) is 4.79 Å². The second-order valence-corrected chi connectivity index (χ2v) is 3.20. The molecule has 13 heavy (non-hydrogen) atoms. The van der Waals surface area contributed by atoms with Crippen molar-refractivity contribution in [3.8, 4) is 0 Å². The van der Waals surface area contributed by atoms with Crippen LogP contribution < -0.4 is 5.32 Å². The van der Waals surface area contributed by atoms with Gasteiger partial charge in [-0.2, -0.15) is 0 Å². The molecule has 1 aliphatic carbocycles. The number of carboxylic acids is 1. The molecule has 0 aliphatic heterocycles. The number of nitrogens with one attached hydrogen (secondary N) is 1. The second-order valence-electron chi connectivity index (χ2n) is 3.20. The Morgan fingerprint density at radius 1 is 1.23 bits per heavy atom. The van der Waals surface area contributed by atoms with Gasteiger partial charge in [-0.15, -0.1) is 0 Å². The molecule has 0 aromatic heterocycles. The molecular weight excluding hydrogens is 166 g/mol. The SMILES string of the molecule is CC.CNC1(C(=O)O)CCCCC1. The molecule has 1 rings (SSSR count). The zero-order chi connectivity index (χ0) is 10.3. The van der Waals surface area contributed by atoms with Gasteiger partial charge in [0.1, 0.15) is 5.54 Å². The van der Waals surface area contributed by atoms with Crippen molar-refractivity contribution in [2.75, 3.05) is 7.05 Å². The van der Waals surface area contributed by atoms with Crippen molar-refractivity contribution >= 4 is 5.97 Å². The Morgan fingerprint density at radius 3 is 1.92 bits per heavy atom. The summed E-state index contributed by atoms with van der Waals surface area (Å²) in [7, 11) is 1.74. The molecule has 0 bridgehead atoms. The second kappa shape index (κ2) is 5.97. The van der Waals surface area contributed by atoms with E-state index in [0.29, 0.717) is 0 Å². The zero-order valence-corrected chi connectivity index (χ0v) is 8.89. The molecular formula is C10H21NO2. The van der Waals surface area contributed by atoms with Crippen LogP contribution in [0.1, 0.15) is 46.0 Å². The van der Waals surface area contributed by atoms with Gasteiger partial charge in [0, 0.05) is 0 Å². The third kappa shape index (κ3) is 2.99. The summed E-state index contributed by atoms with van der Waals surface area (Å²) in [6.07, 6.45) is 4.80. The lowest BCUT2D eigenvalue weighted by Gasteiger charge is -2.32. The highest BCUT2D eigenvalue weighted by Crippen LogP contribution is 2.27. The lowest BCUT2D eigenvalue weighted by molar-refractivity contribution is -0.146. The first-order valence-corrected chi connectivity index (χ1v) is 5.13. The fraction of sp³-hybridized carbons (Fsp3) is 0.900. The van der Waals surface area contributed by atoms with Gasteiger partial charge in [-0.05, 0) is 19.9 Å². The molecule has 1 saturated carbocycles. The topological polar surface area (TPSA) is 49.3 Å². The maximum Gasteiger partial charge on any atom is 0.323 e. The largest absolute Gasteiger partial charge is 0.480 e. The van der Waals surface area contributed by atoms with E-state index in [-0.39, 0.29) is 0 Å². The molecule has 0 amide bonds. The van der Waals surface area contributed by atoms with Gasteiger partial charge < -0.3 is 10.4 Å². The molecule has 0 spiro atoms. The average molecular weight is 187 g/mol. The molecule has 0 heterocycles. The summed E-state index contributed by atoms with van der Waals surface area (Å²) < 4.78 is 0. The number of carbonyl (C=O) groups is 1. The summed E-state index contributed by atoms with van der Waals surface area (Å²) in [6.45, 7) is 4.00. The van der Waals surface area contributed by atoms with Crippen LogP contribution in [0.4, 0.5) is 0 Å². The molecule has 0 saturated heterocycles. The molecule has 3 heteroatoms. The van der Waals surface area contributed by atoms with E-state index in [1.807, 2.05) is 13.8 Å². The molecule has 0 unspecified atom stereocenters. The molecule has 0 aromatic rings. The van der Waals surface area contributed by atoms with Gasteiger partial charge >= 0.3 is 5.97 Å². The van der Waals surface area contributed by atoms with Gasteiger partial charge in [-0.1, -0.05) is 33.1 Å². The summed E-state index contributed by atoms with van der Waals surface area (Å²) in [4.78, 5) is 10.8. The van der Waals surface area contributed by atoms with Crippen molar-refractivity contribution in [1.29, 1.82) is 0 Å². The van der Waals surface area contributed by atoms with Gasteiger partial charge in [0.05, 0.1) is 0 Å². The quantitative estimate of drug-likeness (QED) is 0.695. The predicted octanol–water partition coefficient (Wildman–Crippen LogP) is 2.02. The highest BCUT2D eigenvalue weighted by molar-refractivity contribution is 5.78. The maximum absolute atomic E-state index is 10.8. The van der Waals surface area contributed by atoms with Crippen molar-refractivity contribution < 1.29 is 9.90 Å². The van der Waals surface area contributed by atoms with E-state index >= 15 is 0 Å². The molecule has 78 valence electrons. The number of carboxylic acid groups (broad SMARTS) is 1. The Labute approximate surface area is 80.5 Å². The van der Waals surface area contributed by atoms with E-state index in [1.165, 1.54) is 6.42 Å². The molecule has 0 aromatic carbocycles. The molecule has 2 N–H and O–H groups in total. The fourth-order valence-electron chi connectivity index (χ4n) is 1.73. The maximum atomic E-state index is 10.8. The normalized spacial score (nSPS) is 19.9. The summed E-state index contributed by atoms with van der Waals surface area (Å²) in [5, 5.41) is 11.8. The van der Waals surface area contributed by atoms with E-state index in [0.717, 1.165) is 25.7 Å². The lowest BCUT2D eigenvalue weighted by Crippen LogP contribution is -2.51. The molecule has 1 fully saturated rings. The van der Waals surface area contributed by atoms with E-state index in [4.69, 9.17) is 5.11 Å². The first-order chi connectivity index (χ1) is 6.21. The Hall–Kier alpha value is -0.570. The van der Waals surface area contributed by atoms with Crippen molar-refractivity contribution in [3.63, 3.8) is 0 Å². The van der Waals surface area contributed by atoms with E-state index < -0.39 is 11.5 Å². The van der Waals surface area contributed by atoms with Crippen LogP contribution in [-0.2, 0) is 4.79 Å². The summed E-state index contributed by atoms with van der Waals surface area (Å²) >= 11 is 0. The summed E-state index contributed by atoms with van der Waals surface area (Å²) in [6, 6.07) is 0. The van der Waals surface area contributed by atoms with Gasteiger partial charge in [0.15, 0.2) is 0 Å². The van der Waals surface area contributed by atoms with E-state index in [2.05, 4.69) is 5.32 Å². The van der Waals surface area contributed by atoms with E-state index in [9.17, 15) is 4.79 Å². The number of hydrogen-bond acceptors (Lipinski definition) is 2. The number of likely N-dealkylation sites (N-methyl/N-ethyl adjacent to an activating group) is 1. The van der Waals surface area contributed by atoms with Crippen LogP contribution in [0, 0.1) is 0 Å². The van der Waals surface area contributed by atoms with Gasteiger partial charge in [0.2, 0.25) is 0 Å². The van der Waals surface area contributed by atoms with Crippen LogP contribution in [0.15, 0.2) is 0 Å². The lowest BCUT2D eigenvalue weighted by atomic mass is 9.82. The molecule has 0 atom stereocenters. The Morgan fingerprint density at radius 2 is 1.69 bits per heavy atom. The molecule has 3 nitrogen and oxygen atoms in total. The van der Waals surface area contributed by atoms with Crippen molar-refractivity contribution in [2.24, 2.45) is 0 Å². The number of hydrogen-bond donors (Lipinski definition) is 2. The van der Waals surface area contributed by atoms with Gasteiger partial charge in [0.25, 0.3) is 0 Å². The zero-order valence-electron chi connectivity index (χ0n) is 8.89. The Balaban J connectivity index is 0.000000671. The number of rotatable bonds is 2. The van der Waals surface area contributed by atoms with Gasteiger partial charge in [-0.25, -0.2) is 0 Å². The highest BCUT2D eigenvalue weighted by atomic mass is 16.4. The predicted molar refractivity (Wildman–Crippen MR) is 53.9 cm³/mol. The standard InChI is InChI=1S/C8H15NO2.C2H6/c1-9-8(7(10)11)5-3-2-4-6-8;1-2/h9H,2-6H2,1H3,(H,10,11);1-2H3. The number of aliphatic carboxylic acids is 1. The molecule has 0 radical (unpaired) electrons. The Kier molecular flexibility index (Phi) is 5.71. The first-order valence-electron chi connectivity index (χ1n) is 5.13. The van der Waals surface area contributed by atoms with Crippen molar-refractivity contribution in [3.05, 3.63) is 0 Å². The Bertz CT molecular complexity index is 151. The highest BCUT2D eigenvalue weighted by Gasteiger charge is 2.37. The van der Waals surface area contributed by atoms with Crippen LogP contribution in [0.3, 0.4) is 0 Å². The van der Waals surface area contributed by atoms with Crippen molar-refractivity contribution in [2.45, 2.75) is 51.5 Å². The van der Waals surface area contributed by atoms with E-state index in [1.54, 1.807) is 7.05 Å². The summed E-state index contributed by atoms with van der Waals surface area (Å²) in [5.41, 5.74) is -0.613. The minimum absolute atomic E-state index is 0.613. The van der Waals surface area contributed by atoms with Crippen molar-refractivity contribution in [1.82, 2.24) is 5.32 Å². The smallest absolute Gasteiger partial charge is 0.323 e. The fourth-order valence-corrected chi connectivity index (χ4v) is 1.73. The van der Waals surface area contributed by atoms with Crippen LogP contribution in [0.25, 0.3) is 0 Å². The third-order valence-electron chi connectivity index (χ3n) is 2.60. The van der Waals surface area contributed by atoms with Crippen LogP contribution in [-0.4, -0.2) is 23.7 Å². The summed E-state index contributed by atoms with van der Waals surface area (Å²) in [5.74, 6) is -0.695. The third-order valence-corrected chi connectivity index (χ3v) is 2.60. The van der Waals surface area contributed by atoms with Crippen LogP contribution in [0.2, 0.25) is 0 Å². The first kappa shape index (κ1) is 12.4. The molecule has 1 aliphatic rings. The average Bonchev–Trinajstić information content (AvgIpc) is 2.21. The van der Waals surface area contributed by atoms with Crippen LogP contribution in [0.5, 0.6) is 0 Å². The monoisotopic (exact) mass is 187 g/mol. The minimum Gasteiger partial charge on any atom is -0.480 e. The van der Waals surface area contributed by atoms with Crippen LogP contribution >= 0.6 is 0 Å². The minimum atomic E-state index is -0.695.